The number of primary amides is 1. The van der Waals surface area contributed by atoms with Crippen molar-refractivity contribution in [3.05, 3.63) is 60.4 Å². The Morgan fingerprint density at radius 3 is 2.73 bits per heavy atom. The van der Waals surface area contributed by atoms with Crippen molar-refractivity contribution in [1.29, 1.82) is 0 Å². The van der Waals surface area contributed by atoms with Crippen LogP contribution in [0.1, 0.15) is 32.0 Å². The molecule has 1 atom stereocenters. The van der Waals surface area contributed by atoms with Crippen LogP contribution in [-0.4, -0.2) is 53.6 Å². The van der Waals surface area contributed by atoms with Gasteiger partial charge in [0.1, 0.15) is 23.5 Å². The number of nitrogens with two attached hydrogens (primary N) is 1. The van der Waals surface area contributed by atoms with Gasteiger partial charge in [-0.15, -0.1) is 0 Å². The van der Waals surface area contributed by atoms with Crippen LogP contribution in [0.15, 0.2) is 48.8 Å². The molecule has 0 saturated carbocycles. The number of hydrogen-bond acceptors (Lipinski definition) is 7. The molecule has 1 unspecified atom stereocenters. The zero-order valence-corrected chi connectivity index (χ0v) is 18.7. The van der Waals surface area contributed by atoms with Crippen LogP contribution < -0.4 is 10.6 Å². The molecule has 0 spiro atoms. The van der Waals surface area contributed by atoms with Crippen LogP contribution >= 0.6 is 0 Å². The Morgan fingerprint density at radius 1 is 1.36 bits per heavy atom. The summed E-state index contributed by atoms with van der Waals surface area (Å²) in [5.74, 6) is 0.896. The number of fused-ring (bicyclic) bond motifs is 1. The summed E-state index contributed by atoms with van der Waals surface area (Å²) in [6.45, 7) is 8.35. The number of ether oxygens (including phenoxy) is 2. The molecule has 3 N–H and O–H groups in total. The summed E-state index contributed by atoms with van der Waals surface area (Å²) in [6.07, 6.45) is 6.90. The molecule has 2 aromatic rings. The highest BCUT2D eigenvalue weighted by molar-refractivity contribution is 5.91. The maximum absolute atomic E-state index is 13.7. The van der Waals surface area contributed by atoms with Crippen LogP contribution in [0.4, 0.5) is 15.0 Å². The van der Waals surface area contributed by atoms with Gasteiger partial charge in [-0.1, -0.05) is 18.7 Å². The fourth-order valence-electron chi connectivity index (χ4n) is 3.74. The van der Waals surface area contributed by atoms with Crippen molar-refractivity contribution in [2.75, 3.05) is 31.2 Å². The molecule has 9 heteroatoms. The lowest BCUT2D eigenvalue weighted by Crippen LogP contribution is -2.22. The lowest BCUT2D eigenvalue weighted by Gasteiger charge is -2.19. The molecule has 1 aromatic carbocycles. The number of aromatic nitrogens is 2. The van der Waals surface area contributed by atoms with E-state index in [0.29, 0.717) is 35.5 Å². The van der Waals surface area contributed by atoms with E-state index in [1.54, 1.807) is 12.1 Å². The first-order valence-electron chi connectivity index (χ1n) is 10.9. The molecule has 3 heterocycles. The average molecular weight is 457 g/mol. The van der Waals surface area contributed by atoms with Crippen LogP contribution in [0.5, 0.6) is 0 Å². The zero-order valence-electron chi connectivity index (χ0n) is 18.7. The minimum atomic E-state index is -0.717. The average Bonchev–Trinajstić information content (AvgIpc) is 3.49. The summed E-state index contributed by atoms with van der Waals surface area (Å²) in [6, 6.07) is 4.51. The van der Waals surface area contributed by atoms with Gasteiger partial charge in [0.25, 0.3) is 0 Å². The van der Waals surface area contributed by atoms with E-state index in [2.05, 4.69) is 26.2 Å². The van der Waals surface area contributed by atoms with E-state index >= 15 is 0 Å². The molecule has 2 fully saturated rings. The molecule has 0 aliphatic carbocycles. The molecule has 2 aliphatic rings. The van der Waals surface area contributed by atoms with Crippen LogP contribution in [0.3, 0.4) is 0 Å². The predicted octanol–water partition coefficient (Wildman–Crippen LogP) is 4.27. The summed E-state index contributed by atoms with van der Waals surface area (Å²) in [5, 5.41) is 10.9. The quantitative estimate of drug-likeness (QED) is 0.510. The van der Waals surface area contributed by atoms with Gasteiger partial charge in [0.2, 0.25) is 0 Å². The van der Waals surface area contributed by atoms with E-state index < -0.39 is 6.09 Å². The maximum Gasteiger partial charge on any atom is 0.404 e. The Balaban J connectivity index is 0.000000286. The standard InChI is InChI=1S/C19H20FN3O.C5H9NO3/c1-3-7-17(24)14(4-2)18-21-16-9-8-13(20)12-15(16)19(22-18)23-10-5-6-11-23;6-5(7)9-4-1-2-8-3-4/h3-4,7-9,12,24H,1,5-6,10-11H2,2H3;4H,1-3H2,(H2,6,7)/b14-4+,17-7+;. The number of nitrogens with zero attached hydrogens (tertiary/aromatic N) is 3. The van der Waals surface area contributed by atoms with E-state index in [1.807, 2.05) is 6.92 Å². The van der Waals surface area contributed by atoms with Crippen LogP contribution in [0.25, 0.3) is 16.5 Å². The van der Waals surface area contributed by atoms with Gasteiger partial charge in [0, 0.05) is 24.9 Å². The monoisotopic (exact) mass is 456 g/mol. The number of aliphatic hydroxyl groups is 1. The number of halogens is 1. The van der Waals surface area contributed by atoms with Gasteiger partial charge in [-0.3, -0.25) is 0 Å². The summed E-state index contributed by atoms with van der Waals surface area (Å²) >= 11 is 0. The molecule has 33 heavy (non-hydrogen) atoms. The molecule has 8 nitrogen and oxygen atoms in total. The molecule has 4 rings (SSSR count). The van der Waals surface area contributed by atoms with Crippen molar-refractivity contribution in [1.82, 2.24) is 9.97 Å². The van der Waals surface area contributed by atoms with Crippen molar-refractivity contribution >= 4 is 28.4 Å². The first kappa shape index (κ1) is 24.2. The van der Waals surface area contributed by atoms with Gasteiger partial charge in [0.05, 0.1) is 24.3 Å². The highest BCUT2D eigenvalue weighted by atomic mass is 19.1. The van der Waals surface area contributed by atoms with E-state index in [9.17, 15) is 14.3 Å². The third-order valence-electron chi connectivity index (χ3n) is 5.30. The Hall–Kier alpha value is -3.46. The largest absolute Gasteiger partial charge is 0.507 e. The van der Waals surface area contributed by atoms with Crippen LogP contribution in [0, 0.1) is 5.82 Å². The van der Waals surface area contributed by atoms with E-state index in [1.165, 1.54) is 24.3 Å². The molecule has 176 valence electrons. The van der Waals surface area contributed by atoms with Gasteiger partial charge < -0.3 is 25.2 Å². The zero-order chi connectivity index (χ0) is 23.8. The Kier molecular flexibility index (Phi) is 8.37. The van der Waals surface area contributed by atoms with Gasteiger partial charge in [-0.05, 0) is 44.0 Å². The first-order chi connectivity index (χ1) is 15.9. The molecule has 2 saturated heterocycles. The Labute approximate surface area is 192 Å². The van der Waals surface area contributed by atoms with E-state index in [4.69, 9.17) is 10.5 Å². The normalized spacial score (nSPS) is 18.7. The second kappa shape index (κ2) is 11.4. The number of carbonyl (C=O) groups excluding carboxylic acids is 1. The molecule has 1 amide bonds. The SMILES string of the molecule is C=C/C=C(O)\C(=C/C)c1nc(N2CCCC2)c2cc(F)ccc2n1.NC(=O)OC1CCOC1. The fraction of sp³-hybridized carbons (Fsp3) is 0.375. The van der Waals surface area contributed by atoms with Crippen molar-refractivity contribution in [2.24, 2.45) is 5.73 Å². The van der Waals surface area contributed by atoms with Crippen molar-refractivity contribution < 1.29 is 23.8 Å². The minimum absolute atomic E-state index is 0.0568. The molecule has 0 bridgehead atoms. The maximum atomic E-state index is 13.7. The van der Waals surface area contributed by atoms with E-state index in [0.717, 1.165) is 38.2 Å². The number of amides is 1. The number of aliphatic hydroxyl groups excluding tert-OH is 1. The van der Waals surface area contributed by atoms with Crippen molar-refractivity contribution in [2.45, 2.75) is 32.3 Å². The second-order valence-corrected chi connectivity index (χ2v) is 7.64. The molecule has 0 radical (unpaired) electrons. The fourth-order valence-corrected chi connectivity index (χ4v) is 3.74. The first-order valence-corrected chi connectivity index (χ1v) is 10.9. The summed E-state index contributed by atoms with van der Waals surface area (Å²) < 4.78 is 23.3. The number of allylic oxidation sites excluding steroid dienone is 4. The van der Waals surface area contributed by atoms with Crippen molar-refractivity contribution in [3.8, 4) is 0 Å². The van der Waals surface area contributed by atoms with Gasteiger partial charge in [-0.2, -0.15) is 0 Å². The Morgan fingerprint density at radius 2 is 2.12 bits per heavy atom. The lowest BCUT2D eigenvalue weighted by molar-refractivity contribution is 0.0900. The van der Waals surface area contributed by atoms with E-state index in [-0.39, 0.29) is 17.7 Å². The third-order valence-corrected chi connectivity index (χ3v) is 5.30. The lowest BCUT2D eigenvalue weighted by atomic mass is 10.1. The molecule has 1 aromatic heterocycles. The summed E-state index contributed by atoms with van der Waals surface area (Å²) in [7, 11) is 0. The Bertz CT molecular complexity index is 1060. The van der Waals surface area contributed by atoms with Gasteiger partial charge >= 0.3 is 6.09 Å². The number of rotatable bonds is 5. The second-order valence-electron chi connectivity index (χ2n) is 7.64. The summed E-state index contributed by atoms with van der Waals surface area (Å²) in [5.41, 5.74) is 5.95. The predicted molar refractivity (Wildman–Crippen MR) is 125 cm³/mol. The van der Waals surface area contributed by atoms with Crippen LogP contribution in [0.2, 0.25) is 0 Å². The smallest absolute Gasteiger partial charge is 0.404 e. The molecular formula is C24H29FN4O4. The number of hydrogen-bond donors (Lipinski definition) is 2. The number of benzene rings is 1. The highest BCUT2D eigenvalue weighted by Crippen LogP contribution is 2.30. The van der Waals surface area contributed by atoms with Gasteiger partial charge in [0.15, 0.2) is 5.82 Å². The van der Waals surface area contributed by atoms with Crippen molar-refractivity contribution in [3.63, 3.8) is 0 Å². The molecule has 2 aliphatic heterocycles. The topological polar surface area (TPSA) is 111 Å². The molecular weight excluding hydrogens is 427 g/mol. The summed E-state index contributed by atoms with van der Waals surface area (Å²) in [4.78, 5) is 21.4. The third kappa shape index (κ3) is 6.29. The highest BCUT2D eigenvalue weighted by Gasteiger charge is 2.20. The number of anilines is 1. The number of carbonyl (C=O) groups is 1. The minimum Gasteiger partial charge on any atom is -0.507 e. The van der Waals surface area contributed by atoms with Crippen LogP contribution in [-0.2, 0) is 9.47 Å². The van der Waals surface area contributed by atoms with Gasteiger partial charge in [-0.25, -0.2) is 19.2 Å².